The quantitative estimate of drug-likeness (QED) is 0.168. The minimum Gasteiger partial charge on any atom is -0.310 e. The summed E-state index contributed by atoms with van der Waals surface area (Å²) >= 11 is 0. The highest BCUT2D eigenvalue weighted by Crippen LogP contribution is 2.42. The molecule has 0 aliphatic heterocycles. The third kappa shape index (κ3) is 5.02. The van der Waals surface area contributed by atoms with Crippen LogP contribution >= 0.6 is 0 Å². The molecule has 0 atom stereocenters. The molecule has 0 bridgehead atoms. The molecular formula is C50H33N. The van der Waals surface area contributed by atoms with Gasteiger partial charge in [-0.25, -0.2) is 0 Å². The Morgan fingerprint density at radius 3 is 1.24 bits per heavy atom. The summed E-state index contributed by atoms with van der Waals surface area (Å²) in [5, 5.41) is 12.7. The van der Waals surface area contributed by atoms with E-state index in [2.05, 4.69) is 205 Å². The molecule has 1 heteroatoms. The number of benzene rings is 10. The first-order valence-corrected chi connectivity index (χ1v) is 17.6. The molecule has 0 aliphatic rings. The van der Waals surface area contributed by atoms with E-state index in [1.807, 2.05) is 0 Å². The fourth-order valence-electron chi connectivity index (χ4n) is 7.91. The Bertz CT molecular complexity index is 2850. The first-order chi connectivity index (χ1) is 25.3. The standard InChI is InChI=1S/C50H33N/c1-2-10-34(11-3-1)35-18-20-36(21-19-35)37-24-26-40(27-25-37)51(41-28-30-44-39(32-41)23-22-38-12-4-5-13-43(38)44)42-29-31-49-47-16-7-6-14-45(47)46-15-8-9-17-48(46)50(49)33-42/h1-33H. The lowest BCUT2D eigenvalue weighted by molar-refractivity contribution is 1.30. The van der Waals surface area contributed by atoms with Gasteiger partial charge in [-0.2, -0.15) is 0 Å². The lowest BCUT2D eigenvalue weighted by Crippen LogP contribution is -2.10. The van der Waals surface area contributed by atoms with Crippen LogP contribution in [0.15, 0.2) is 200 Å². The number of rotatable bonds is 5. The van der Waals surface area contributed by atoms with Gasteiger partial charge in [-0.15, -0.1) is 0 Å². The number of anilines is 3. The Balaban J connectivity index is 1.13. The van der Waals surface area contributed by atoms with Crippen LogP contribution in [0.4, 0.5) is 17.1 Å². The SMILES string of the molecule is c1ccc(-c2ccc(-c3ccc(N(c4ccc5c(ccc6ccccc65)c4)c4ccc5c6ccccc6c6ccccc6c5c4)cc3)cc2)cc1. The smallest absolute Gasteiger partial charge is 0.0468 e. The van der Waals surface area contributed by atoms with Crippen LogP contribution in [-0.4, -0.2) is 0 Å². The second kappa shape index (κ2) is 12.0. The fraction of sp³-hybridized carbons (Fsp3) is 0. The minimum absolute atomic E-state index is 1.12. The van der Waals surface area contributed by atoms with E-state index in [-0.39, 0.29) is 0 Å². The van der Waals surface area contributed by atoms with Gasteiger partial charge >= 0.3 is 0 Å². The molecule has 0 aromatic heterocycles. The van der Waals surface area contributed by atoms with Gasteiger partial charge in [0.1, 0.15) is 0 Å². The molecule has 0 N–H and O–H groups in total. The van der Waals surface area contributed by atoms with E-state index >= 15 is 0 Å². The van der Waals surface area contributed by atoms with E-state index in [9.17, 15) is 0 Å². The van der Waals surface area contributed by atoms with Crippen molar-refractivity contribution in [2.75, 3.05) is 4.90 Å². The topological polar surface area (TPSA) is 3.24 Å². The fourth-order valence-corrected chi connectivity index (χ4v) is 7.91. The Morgan fingerprint density at radius 2 is 0.608 bits per heavy atom. The summed E-state index contributed by atoms with van der Waals surface area (Å²) in [6, 6.07) is 73.0. The van der Waals surface area contributed by atoms with Crippen LogP contribution in [-0.2, 0) is 0 Å². The molecule has 0 spiro atoms. The molecule has 0 unspecified atom stereocenters. The van der Waals surface area contributed by atoms with E-state index in [4.69, 9.17) is 0 Å². The largest absolute Gasteiger partial charge is 0.310 e. The Morgan fingerprint density at radius 1 is 0.216 bits per heavy atom. The highest BCUT2D eigenvalue weighted by molar-refractivity contribution is 6.25. The average Bonchev–Trinajstić information content (AvgIpc) is 3.21. The monoisotopic (exact) mass is 647 g/mol. The van der Waals surface area contributed by atoms with Crippen molar-refractivity contribution in [2.24, 2.45) is 0 Å². The van der Waals surface area contributed by atoms with Crippen molar-refractivity contribution < 1.29 is 0 Å². The van der Waals surface area contributed by atoms with E-state index in [0.717, 1.165) is 17.1 Å². The molecule has 51 heavy (non-hydrogen) atoms. The summed E-state index contributed by atoms with van der Waals surface area (Å²) < 4.78 is 0. The normalized spacial score (nSPS) is 11.5. The molecular weight excluding hydrogens is 615 g/mol. The molecule has 10 rings (SSSR count). The minimum atomic E-state index is 1.12. The van der Waals surface area contributed by atoms with Crippen molar-refractivity contribution in [3.63, 3.8) is 0 Å². The number of fused-ring (bicyclic) bond motifs is 9. The number of nitrogens with zero attached hydrogens (tertiary/aromatic N) is 1. The summed E-state index contributed by atoms with van der Waals surface area (Å²) in [5.41, 5.74) is 8.22. The predicted molar refractivity (Wildman–Crippen MR) is 220 cm³/mol. The summed E-state index contributed by atoms with van der Waals surface area (Å²) in [6.45, 7) is 0. The molecule has 1 nitrogen and oxygen atoms in total. The second-order valence-electron chi connectivity index (χ2n) is 13.3. The third-order valence-corrected chi connectivity index (χ3v) is 10.4. The maximum atomic E-state index is 2.40. The van der Waals surface area contributed by atoms with Crippen LogP contribution in [0.2, 0.25) is 0 Å². The van der Waals surface area contributed by atoms with Gasteiger partial charge in [0, 0.05) is 17.1 Å². The van der Waals surface area contributed by atoms with Crippen LogP contribution < -0.4 is 4.90 Å². The van der Waals surface area contributed by atoms with Gasteiger partial charge in [0.15, 0.2) is 0 Å². The average molecular weight is 648 g/mol. The molecule has 0 amide bonds. The van der Waals surface area contributed by atoms with Crippen molar-refractivity contribution in [1.82, 2.24) is 0 Å². The Hall–Kier alpha value is -6.70. The van der Waals surface area contributed by atoms with E-state index in [1.54, 1.807) is 0 Å². The van der Waals surface area contributed by atoms with Crippen molar-refractivity contribution in [2.45, 2.75) is 0 Å². The summed E-state index contributed by atoms with van der Waals surface area (Å²) in [6.07, 6.45) is 0. The van der Waals surface area contributed by atoms with Gasteiger partial charge in [-0.1, -0.05) is 164 Å². The number of hydrogen-bond donors (Lipinski definition) is 0. The maximum absolute atomic E-state index is 2.40. The lowest BCUT2D eigenvalue weighted by atomic mass is 9.94. The van der Waals surface area contributed by atoms with Crippen LogP contribution in [0.25, 0.3) is 76.1 Å². The van der Waals surface area contributed by atoms with Crippen molar-refractivity contribution >= 4 is 70.9 Å². The third-order valence-electron chi connectivity index (χ3n) is 10.4. The van der Waals surface area contributed by atoms with E-state index < -0.39 is 0 Å². The van der Waals surface area contributed by atoms with Gasteiger partial charge in [-0.3, -0.25) is 0 Å². The first kappa shape index (κ1) is 29.2. The molecule has 0 saturated heterocycles. The lowest BCUT2D eigenvalue weighted by Gasteiger charge is -2.27. The van der Waals surface area contributed by atoms with Gasteiger partial charge < -0.3 is 4.90 Å². The molecule has 0 fully saturated rings. The first-order valence-electron chi connectivity index (χ1n) is 17.6. The zero-order chi connectivity index (χ0) is 33.7. The van der Waals surface area contributed by atoms with E-state index in [1.165, 1.54) is 76.1 Å². The van der Waals surface area contributed by atoms with Gasteiger partial charge in [0.25, 0.3) is 0 Å². The van der Waals surface area contributed by atoms with Crippen molar-refractivity contribution in [3.05, 3.63) is 200 Å². The highest BCUT2D eigenvalue weighted by Gasteiger charge is 2.17. The predicted octanol–water partition coefficient (Wildman–Crippen LogP) is 14.3. The van der Waals surface area contributed by atoms with Gasteiger partial charge in [0.2, 0.25) is 0 Å². The van der Waals surface area contributed by atoms with Gasteiger partial charge in [0.05, 0.1) is 0 Å². The summed E-state index contributed by atoms with van der Waals surface area (Å²) in [5.74, 6) is 0. The Kier molecular flexibility index (Phi) is 6.89. The zero-order valence-electron chi connectivity index (χ0n) is 28.0. The second-order valence-corrected chi connectivity index (χ2v) is 13.3. The van der Waals surface area contributed by atoms with Crippen molar-refractivity contribution in [1.29, 1.82) is 0 Å². The highest BCUT2D eigenvalue weighted by atomic mass is 15.1. The molecule has 0 heterocycles. The van der Waals surface area contributed by atoms with E-state index in [0.29, 0.717) is 0 Å². The van der Waals surface area contributed by atoms with Crippen LogP contribution in [0.1, 0.15) is 0 Å². The molecule has 10 aromatic rings. The molecule has 0 aliphatic carbocycles. The zero-order valence-corrected chi connectivity index (χ0v) is 28.0. The van der Waals surface area contributed by atoms with Crippen molar-refractivity contribution in [3.8, 4) is 22.3 Å². The summed E-state index contributed by atoms with van der Waals surface area (Å²) in [4.78, 5) is 2.40. The van der Waals surface area contributed by atoms with Crippen LogP contribution in [0, 0.1) is 0 Å². The molecule has 10 aromatic carbocycles. The van der Waals surface area contributed by atoms with Crippen LogP contribution in [0.3, 0.4) is 0 Å². The van der Waals surface area contributed by atoms with Gasteiger partial charge in [-0.05, 0) is 113 Å². The molecule has 238 valence electrons. The Labute approximate surface area is 297 Å². The van der Waals surface area contributed by atoms with Crippen LogP contribution in [0.5, 0.6) is 0 Å². The molecule has 0 saturated carbocycles. The maximum Gasteiger partial charge on any atom is 0.0468 e. The molecule has 0 radical (unpaired) electrons. The summed E-state index contributed by atoms with van der Waals surface area (Å²) in [7, 11) is 0. The number of hydrogen-bond acceptors (Lipinski definition) is 1.